The van der Waals surface area contributed by atoms with Crippen molar-refractivity contribution in [2.24, 2.45) is 0 Å². The zero-order valence-corrected chi connectivity index (χ0v) is 45.0. The Morgan fingerprint density at radius 2 is 0.773 bits per heavy atom. The molecule has 0 aliphatic rings. The molecule has 354 valence electrons. The first-order valence-corrected chi connectivity index (χ1v) is 26.3. The van der Waals surface area contributed by atoms with E-state index in [2.05, 4.69) is 210 Å². The lowest BCUT2D eigenvalue weighted by molar-refractivity contribution is 0.375. The van der Waals surface area contributed by atoms with Crippen LogP contribution in [0.3, 0.4) is 0 Å². The summed E-state index contributed by atoms with van der Waals surface area (Å²) in [4.78, 5) is 21.8. The predicted octanol–water partition coefficient (Wildman–Crippen LogP) is 18.7. The Morgan fingerprint density at radius 3 is 1.15 bits per heavy atom. The largest absolute Gasteiger partial charge is 0.426 e. The highest BCUT2D eigenvalue weighted by Gasteiger charge is 2.35. The van der Waals surface area contributed by atoms with E-state index in [1.54, 1.807) is 0 Å². The Morgan fingerprint density at radius 1 is 0.394 bits per heavy atom. The van der Waals surface area contributed by atoms with Crippen LogP contribution in [0.1, 0.15) is 197 Å². The third-order valence-corrected chi connectivity index (χ3v) is 17.3. The lowest BCUT2D eigenvalue weighted by atomic mass is 9.70. The zero-order valence-electron chi connectivity index (χ0n) is 44.2. The van der Waals surface area contributed by atoms with Crippen LogP contribution in [0.5, 0.6) is 5.75 Å². The Balaban J connectivity index is 1.97. The van der Waals surface area contributed by atoms with Crippen LogP contribution in [0, 0.1) is 0 Å². The molecule has 3 nitrogen and oxygen atoms in total. The van der Waals surface area contributed by atoms with Crippen LogP contribution in [0.25, 0.3) is 54.9 Å². The van der Waals surface area contributed by atoms with Gasteiger partial charge < -0.3 is 14.3 Å². The minimum absolute atomic E-state index is 0.000303. The summed E-state index contributed by atoms with van der Waals surface area (Å²) in [6.45, 7) is 42.3. The smallest absolute Gasteiger partial charge is 0.391 e. The van der Waals surface area contributed by atoms with Crippen LogP contribution in [0.4, 0.5) is 0 Å². The van der Waals surface area contributed by atoms with Crippen molar-refractivity contribution >= 4 is 30.1 Å². The van der Waals surface area contributed by atoms with Crippen molar-refractivity contribution in [1.82, 2.24) is 0 Å². The van der Waals surface area contributed by atoms with Gasteiger partial charge in [0, 0.05) is 11.1 Å². The summed E-state index contributed by atoms with van der Waals surface area (Å²) in [6, 6.07) is 34.7. The Hall–Kier alpha value is -4.01. The highest BCUT2D eigenvalue weighted by molar-refractivity contribution is 7.39. The fourth-order valence-corrected chi connectivity index (χ4v) is 9.91. The fourth-order valence-electron chi connectivity index (χ4n) is 9.58. The summed E-state index contributed by atoms with van der Waals surface area (Å²) < 4.78 is 6.34. The molecule has 6 aromatic carbocycles. The van der Waals surface area contributed by atoms with Gasteiger partial charge in [0.1, 0.15) is 5.75 Å². The van der Waals surface area contributed by atoms with Crippen molar-refractivity contribution in [3.8, 4) is 39.1 Å². The van der Waals surface area contributed by atoms with Gasteiger partial charge in [-0.15, -0.1) is 0 Å². The van der Waals surface area contributed by atoms with Crippen molar-refractivity contribution < 1.29 is 14.3 Å². The lowest BCUT2D eigenvalue weighted by Gasteiger charge is -2.34. The van der Waals surface area contributed by atoms with Gasteiger partial charge in [0.2, 0.25) is 0 Å². The first kappa shape index (κ1) is 51.4. The van der Waals surface area contributed by atoms with E-state index >= 15 is 0 Å². The normalized spacial score (nSPS) is 13.3. The molecule has 6 rings (SSSR count). The fraction of sp³-hybridized carbons (Fsp3) is 0.484. The molecule has 0 spiro atoms. The van der Waals surface area contributed by atoms with Gasteiger partial charge in [0.05, 0.1) is 0 Å². The number of fused-ring (bicyclic) bond motifs is 2. The van der Waals surface area contributed by atoms with Gasteiger partial charge in [0.15, 0.2) is 0 Å². The van der Waals surface area contributed by atoms with Gasteiger partial charge in [0.25, 0.3) is 0 Å². The number of rotatable bonds is 17. The van der Waals surface area contributed by atoms with Crippen LogP contribution >= 0.6 is 8.60 Å². The van der Waals surface area contributed by atoms with E-state index in [9.17, 15) is 9.79 Å². The third kappa shape index (κ3) is 9.66. The maximum atomic E-state index is 10.9. The molecule has 0 aliphatic heterocycles. The van der Waals surface area contributed by atoms with Crippen LogP contribution in [0.15, 0.2) is 91.0 Å². The second kappa shape index (κ2) is 18.8. The van der Waals surface area contributed by atoms with Gasteiger partial charge in [-0.3, -0.25) is 0 Å². The molecule has 0 fully saturated rings. The van der Waals surface area contributed by atoms with E-state index in [-0.39, 0.29) is 32.5 Å². The van der Waals surface area contributed by atoms with Crippen LogP contribution in [0.2, 0.25) is 0 Å². The molecule has 0 saturated carbocycles. The summed E-state index contributed by atoms with van der Waals surface area (Å²) in [6.07, 6.45) is 5.90. The minimum Gasteiger partial charge on any atom is -0.426 e. The topological polar surface area (TPSA) is 49.7 Å². The van der Waals surface area contributed by atoms with Crippen LogP contribution in [-0.4, -0.2) is 9.79 Å². The molecule has 66 heavy (non-hydrogen) atoms. The molecule has 0 radical (unpaired) electrons. The first-order valence-electron chi connectivity index (χ1n) is 25.1. The standard InChI is InChI=1S/C62H83O3P/c1-19-57(7,8)43-32-41-34-50(59(11,12)21-3)48(38-46(41)52(36-43)61(15,16)23-5)55-45(40-28-26-25-27-29-40)30-31-54(65-66(63)64)56(55)49-39-47-42(35-51(49)60(13,14)22-4)33-44(58(9,10)20-2)37-53(47)62(17,18)24-6/h25-39,63-64H,19-24H2,1-18H3. The molecule has 0 saturated heterocycles. The maximum absolute atomic E-state index is 10.9. The molecule has 0 amide bonds. The van der Waals surface area contributed by atoms with Crippen molar-refractivity contribution in [2.45, 2.75) is 196 Å². The van der Waals surface area contributed by atoms with Gasteiger partial charge in [-0.05, 0) is 179 Å². The molecule has 0 atom stereocenters. The van der Waals surface area contributed by atoms with Crippen molar-refractivity contribution in [3.05, 3.63) is 124 Å². The Bertz CT molecular complexity index is 2710. The van der Waals surface area contributed by atoms with E-state index in [4.69, 9.17) is 4.52 Å². The molecule has 0 bridgehead atoms. The minimum atomic E-state index is -2.75. The molecule has 2 N–H and O–H groups in total. The van der Waals surface area contributed by atoms with Gasteiger partial charge in [-0.1, -0.05) is 185 Å². The van der Waals surface area contributed by atoms with E-state index < -0.39 is 8.60 Å². The highest BCUT2D eigenvalue weighted by atomic mass is 31.2. The van der Waals surface area contributed by atoms with E-state index in [1.165, 1.54) is 54.9 Å². The molecular weight excluding hydrogens is 824 g/mol. The quantitative estimate of drug-likeness (QED) is 0.0897. The molecule has 0 aromatic heterocycles. The molecule has 6 aromatic rings. The predicted molar refractivity (Wildman–Crippen MR) is 290 cm³/mol. The summed E-state index contributed by atoms with van der Waals surface area (Å²) >= 11 is 0. The maximum Gasteiger partial charge on any atom is 0.391 e. The summed E-state index contributed by atoms with van der Waals surface area (Å²) in [7, 11) is -2.75. The van der Waals surface area contributed by atoms with Gasteiger partial charge >= 0.3 is 8.60 Å². The second-order valence-electron chi connectivity index (χ2n) is 23.3. The monoisotopic (exact) mass is 907 g/mol. The summed E-state index contributed by atoms with van der Waals surface area (Å²) in [5, 5.41) is 5.00. The number of benzene rings is 6. The Kier molecular flexibility index (Phi) is 14.7. The molecular formula is C62H83O3P. The lowest BCUT2D eigenvalue weighted by Crippen LogP contribution is -2.22. The molecule has 0 aliphatic carbocycles. The average molecular weight is 907 g/mol. The second-order valence-corrected chi connectivity index (χ2v) is 24.0. The SMILES string of the molecule is CCC(C)(C)c1cc(C(C)(C)CC)c2cc(-c3c(OP(O)O)ccc(-c4ccccc4)c3-c3cc4c(C(C)(C)CC)cc(C(C)(C)CC)cc4cc3C(C)(C)CC)c(C(C)(C)CC)cc2c1. The first-order chi connectivity index (χ1) is 30.7. The summed E-state index contributed by atoms with van der Waals surface area (Å²) in [5.74, 6) is 0.475. The summed E-state index contributed by atoms with van der Waals surface area (Å²) in [5.41, 5.74) is 13.6. The van der Waals surface area contributed by atoms with Crippen LogP contribution < -0.4 is 4.52 Å². The van der Waals surface area contributed by atoms with E-state index in [1.807, 2.05) is 6.07 Å². The van der Waals surface area contributed by atoms with Crippen molar-refractivity contribution in [2.75, 3.05) is 0 Å². The average Bonchev–Trinajstić information content (AvgIpc) is 3.29. The van der Waals surface area contributed by atoms with Gasteiger partial charge in [-0.2, -0.15) is 0 Å². The van der Waals surface area contributed by atoms with Crippen LogP contribution in [-0.2, 0) is 32.5 Å². The third-order valence-electron chi connectivity index (χ3n) is 16.9. The van der Waals surface area contributed by atoms with Crippen molar-refractivity contribution in [1.29, 1.82) is 0 Å². The number of hydrogen-bond donors (Lipinski definition) is 2. The van der Waals surface area contributed by atoms with Crippen molar-refractivity contribution in [3.63, 3.8) is 0 Å². The van der Waals surface area contributed by atoms with E-state index in [0.29, 0.717) is 5.75 Å². The molecule has 0 unspecified atom stereocenters. The molecule has 4 heteroatoms. The Labute approximate surface area is 401 Å². The van der Waals surface area contributed by atoms with E-state index in [0.717, 1.165) is 71.9 Å². The van der Waals surface area contributed by atoms with Gasteiger partial charge in [-0.25, -0.2) is 0 Å². The number of hydrogen-bond acceptors (Lipinski definition) is 3. The highest BCUT2D eigenvalue weighted by Crippen LogP contribution is 2.55. The molecule has 0 heterocycles. The zero-order chi connectivity index (χ0) is 48.9.